The molecule has 3 aromatic carbocycles. The van der Waals surface area contributed by atoms with Crippen molar-refractivity contribution < 1.29 is 13.3 Å². The number of anilines is 1. The van der Waals surface area contributed by atoms with Crippen molar-refractivity contribution in [1.29, 1.82) is 0 Å². The third kappa shape index (κ3) is 4.56. The Hall–Kier alpha value is -3.52. The lowest BCUT2D eigenvalue weighted by molar-refractivity contribution is -0.384. The minimum atomic E-state index is -3.93. The number of non-ortho nitro benzene ring substituents is 1. The molecule has 0 aliphatic carbocycles. The highest BCUT2D eigenvalue weighted by atomic mass is 32.2. The number of nitro groups is 1. The molecular weight excluding hydrogens is 366 g/mol. The first kappa shape index (κ1) is 18.3. The van der Waals surface area contributed by atoms with Gasteiger partial charge in [-0.3, -0.25) is 10.1 Å². The van der Waals surface area contributed by atoms with Crippen molar-refractivity contribution in [2.24, 2.45) is 4.40 Å². The zero-order chi connectivity index (χ0) is 19.3. The quantitative estimate of drug-likeness (QED) is 0.313. The maximum atomic E-state index is 12.6. The predicted octanol–water partition coefficient (Wildman–Crippen LogP) is 3.84. The molecule has 0 unspecified atom stereocenters. The minimum Gasteiger partial charge on any atom is -0.339 e. The Morgan fingerprint density at radius 2 is 1.41 bits per heavy atom. The van der Waals surface area contributed by atoms with E-state index in [4.69, 9.17) is 0 Å². The monoisotopic (exact) mass is 381 g/mol. The van der Waals surface area contributed by atoms with E-state index < -0.39 is 14.9 Å². The second kappa shape index (κ2) is 7.79. The minimum absolute atomic E-state index is 0.0596. The van der Waals surface area contributed by atoms with Crippen LogP contribution in [0.2, 0.25) is 0 Å². The van der Waals surface area contributed by atoms with Crippen molar-refractivity contribution in [2.75, 3.05) is 5.32 Å². The van der Waals surface area contributed by atoms with Gasteiger partial charge in [0, 0.05) is 23.4 Å². The van der Waals surface area contributed by atoms with E-state index in [1.54, 1.807) is 48.5 Å². The van der Waals surface area contributed by atoms with E-state index in [0.29, 0.717) is 11.3 Å². The smallest absolute Gasteiger partial charge is 0.284 e. The van der Waals surface area contributed by atoms with Gasteiger partial charge in [-0.1, -0.05) is 48.5 Å². The highest BCUT2D eigenvalue weighted by Crippen LogP contribution is 2.18. The van der Waals surface area contributed by atoms with Crippen molar-refractivity contribution >= 4 is 27.2 Å². The SMILES string of the molecule is O=[N+]([O-])c1ccc(NC(=NS(=O)(=O)c2ccccc2)c2ccccc2)cc1. The number of amidine groups is 1. The summed E-state index contributed by atoms with van der Waals surface area (Å²) >= 11 is 0. The summed E-state index contributed by atoms with van der Waals surface area (Å²) in [7, 11) is -3.93. The molecule has 0 aromatic heterocycles. The van der Waals surface area contributed by atoms with E-state index in [0.717, 1.165) is 0 Å². The zero-order valence-corrected chi connectivity index (χ0v) is 14.8. The van der Waals surface area contributed by atoms with E-state index >= 15 is 0 Å². The summed E-state index contributed by atoms with van der Waals surface area (Å²) in [6, 6.07) is 22.3. The maximum Gasteiger partial charge on any atom is 0.284 e. The van der Waals surface area contributed by atoms with Gasteiger partial charge in [0.2, 0.25) is 0 Å². The zero-order valence-electron chi connectivity index (χ0n) is 14.0. The fraction of sp³-hybridized carbons (Fsp3) is 0. The van der Waals surface area contributed by atoms with Crippen LogP contribution >= 0.6 is 0 Å². The van der Waals surface area contributed by atoms with Crippen LogP contribution in [0.4, 0.5) is 11.4 Å². The summed E-state index contributed by atoms with van der Waals surface area (Å²) in [4.78, 5) is 10.4. The molecule has 0 aliphatic rings. The third-order valence-electron chi connectivity index (χ3n) is 3.64. The standard InChI is InChI=1S/C19H15N3O4S/c23-22(24)17-13-11-16(12-14-17)20-19(15-7-3-1-4-8-15)21-27(25,26)18-9-5-2-6-10-18/h1-14H,(H,20,21). The molecule has 1 N–H and O–H groups in total. The van der Waals surface area contributed by atoms with E-state index in [1.807, 2.05) is 0 Å². The largest absolute Gasteiger partial charge is 0.339 e. The van der Waals surface area contributed by atoms with Gasteiger partial charge in [-0.25, -0.2) is 0 Å². The highest BCUT2D eigenvalue weighted by molar-refractivity contribution is 7.90. The van der Waals surface area contributed by atoms with Gasteiger partial charge < -0.3 is 5.32 Å². The molecule has 7 nitrogen and oxygen atoms in total. The summed E-state index contributed by atoms with van der Waals surface area (Å²) in [5.74, 6) is 0.119. The molecule has 27 heavy (non-hydrogen) atoms. The molecule has 3 rings (SSSR count). The Kier molecular flexibility index (Phi) is 5.28. The summed E-state index contributed by atoms with van der Waals surface area (Å²) < 4.78 is 29.2. The van der Waals surface area contributed by atoms with Crippen LogP contribution in [0.15, 0.2) is 94.2 Å². The van der Waals surface area contributed by atoms with Crippen LogP contribution < -0.4 is 5.32 Å². The Labute approximate surface area is 156 Å². The Morgan fingerprint density at radius 1 is 0.852 bits per heavy atom. The first-order valence-corrected chi connectivity index (χ1v) is 9.37. The van der Waals surface area contributed by atoms with Gasteiger partial charge in [-0.15, -0.1) is 4.40 Å². The highest BCUT2D eigenvalue weighted by Gasteiger charge is 2.15. The van der Waals surface area contributed by atoms with Crippen LogP contribution in [0.1, 0.15) is 5.56 Å². The Balaban J connectivity index is 2.01. The van der Waals surface area contributed by atoms with E-state index in [9.17, 15) is 18.5 Å². The molecule has 0 atom stereocenters. The molecule has 0 aliphatic heterocycles. The van der Waals surface area contributed by atoms with E-state index in [2.05, 4.69) is 9.71 Å². The molecule has 0 heterocycles. The van der Waals surface area contributed by atoms with Gasteiger partial charge in [0.15, 0.2) is 5.84 Å². The number of nitro benzene ring substituents is 1. The van der Waals surface area contributed by atoms with Crippen molar-refractivity contribution in [2.45, 2.75) is 4.90 Å². The Bertz CT molecular complexity index is 1060. The molecule has 0 spiro atoms. The number of nitrogens with zero attached hydrogens (tertiary/aromatic N) is 2. The van der Waals surface area contributed by atoms with Gasteiger partial charge >= 0.3 is 0 Å². The lowest BCUT2D eigenvalue weighted by Crippen LogP contribution is -2.16. The predicted molar refractivity (Wildman–Crippen MR) is 103 cm³/mol. The number of hydrogen-bond acceptors (Lipinski definition) is 4. The van der Waals surface area contributed by atoms with Crippen LogP contribution in [-0.2, 0) is 10.0 Å². The van der Waals surface area contributed by atoms with Crippen molar-refractivity contribution in [1.82, 2.24) is 0 Å². The molecular formula is C19H15N3O4S. The molecule has 0 saturated carbocycles. The van der Waals surface area contributed by atoms with Crippen LogP contribution in [0.5, 0.6) is 0 Å². The van der Waals surface area contributed by atoms with Gasteiger partial charge in [0.05, 0.1) is 9.82 Å². The van der Waals surface area contributed by atoms with Gasteiger partial charge in [0.1, 0.15) is 0 Å². The summed E-state index contributed by atoms with van der Waals surface area (Å²) in [6.45, 7) is 0. The molecule has 0 fully saturated rings. The molecule has 136 valence electrons. The van der Waals surface area contributed by atoms with E-state index in [-0.39, 0.29) is 16.4 Å². The molecule has 0 saturated heterocycles. The topological polar surface area (TPSA) is 102 Å². The van der Waals surface area contributed by atoms with Crippen LogP contribution in [0, 0.1) is 10.1 Å². The molecule has 0 amide bonds. The first-order valence-electron chi connectivity index (χ1n) is 7.93. The van der Waals surface area contributed by atoms with Gasteiger partial charge in [-0.05, 0) is 24.3 Å². The normalized spacial score (nSPS) is 11.8. The van der Waals surface area contributed by atoms with Crippen molar-refractivity contribution in [3.05, 3.63) is 101 Å². The Morgan fingerprint density at radius 3 is 1.96 bits per heavy atom. The fourth-order valence-corrected chi connectivity index (χ4v) is 3.31. The van der Waals surface area contributed by atoms with Crippen molar-refractivity contribution in [3.8, 4) is 0 Å². The summed E-state index contributed by atoms with van der Waals surface area (Å²) in [5, 5.41) is 13.7. The number of sulfonamides is 1. The van der Waals surface area contributed by atoms with Crippen molar-refractivity contribution in [3.63, 3.8) is 0 Å². The van der Waals surface area contributed by atoms with Gasteiger partial charge in [0.25, 0.3) is 15.7 Å². The average Bonchev–Trinajstić information content (AvgIpc) is 2.69. The lowest BCUT2D eigenvalue weighted by atomic mass is 10.2. The molecule has 0 bridgehead atoms. The molecule has 8 heteroatoms. The second-order valence-corrected chi connectivity index (χ2v) is 7.13. The van der Waals surface area contributed by atoms with Crippen LogP contribution in [0.3, 0.4) is 0 Å². The third-order valence-corrected chi connectivity index (χ3v) is 4.93. The van der Waals surface area contributed by atoms with E-state index in [1.165, 1.54) is 36.4 Å². The number of rotatable bonds is 5. The molecule has 3 aromatic rings. The van der Waals surface area contributed by atoms with Crippen LogP contribution in [0.25, 0.3) is 0 Å². The van der Waals surface area contributed by atoms with Gasteiger partial charge in [-0.2, -0.15) is 8.42 Å². The average molecular weight is 381 g/mol. The number of hydrogen-bond donors (Lipinski definition) is 1. The lowest BCUT2D eigenvalue weighted by Gasteiger charge is -2.10. The fourth-order valence-electron chi connectivity index (χ4n) is 2.31. The van der Waals surface area contributed by atoms with Crippen LogP contribution in [-0.4, -0.2) is 19.2 Å². The number of nitrogens with one attached hydrogen (secondary N) is 1. The summed E-state index contributed by atoms with van der Waals surface area (Å²) in [5.41, 5.74) is 0.984. The first-order chi connectivity index (χ1) is 13.0. The maximum absolute atomic E-state index is 12.6. The summed E-state index contributed by atoms with van der Waals surface area (Å²) in [6.07, 6.45) is 0. The second-order valence-electron chi connectivity index (χ2n) is 5.52. The number of benzene rings is 3. The molecule has 0 radical (unpaired) electrons.